The fourth-order valence-electron chi connectivity index (χ4n) is 5.21. The normalized spacial score (nSPS) is 33.4. The fraction of sp³-hybridized carbons (Fsp3) is 0.727. The molecule has 0 aromatic carbocycles. The van der Waals surface area contributed by atoms with Crippen molar-refractivity contribution in [3.63, 3.8) is 0 Å². The lowest BCUT2D eigenvalue weighted by molar-refractivity contribution is 0.255. The number of fused-ring (bicyclic) bond motifs is 1. The number of rotatable bonds is 4. The lowest BCUT2D eigenvalue weighted by Crippen LogP contribution is -2.41. The Morgan fingerprint density at radius 1 is 1.26 bits per heavy atom. The lowest BCUT2D eigenvalue weighted by Gasteiger charge is -2.44. The zero-order valence-electron chi connectivity index (χ0n) is 15.7. The number of allylic oxidation sites excluding steroid dienone is 4. The molecule has 0 heterocycles. The van der Waals surface area contributed by atoms with Gasteiger partial charge in [-0.05, 0) is 70.6 Å². The zero-order chi connectivity index (χ0) is 16.7. The smallest absolute Gasteiger partial charge is 0.0173 e. The van der Waals surface area contributed by atoms with Gasteiger partial charge in [-0.2, -0.15) is 0 Å². The van der Waals surface area contributed by atoms with E-state index in [0.29, 0.717) is 16.9 Å². The Labute approximate surface area is 143 Å². The summed E-state index contributed by atoms with van der Waals surface area (Å²) < 4.78 is 0. The molecule has 1 heteroatoms. The highest BCUT2D eigenvalue weighted by atomic mass is 15.0. The monoisotopic (exact) mass is 313 g/mol. The average Bonchev–Trinajstić information content (AvgIpc) is 2.91. The van der Waals surface area contributed by atoms with Crippen LogP contribution in [0.1, 0.15) is 79.1 Å². The quantitative estimate of drug-likeness (QED) is 0.633. The molecule has 0 aromatic rings. The van der Waals surface area contributed by atoms with Gasteiger partial charge in [0, 0.05) is 12.1 Å². The molecule has 0 bridgehead atoms. The fourth-order valence-corrected chi connectivity index (χ4v) is 5.21. The molecule has 0 saturated heterocycles. The summed E-state index contributed by atoms with van der Waals surface area (Å²) in [6.07, 6.45) is 13.1. The van der Waals surface area contributed by atoms with Gasteiger partial charge in [0.1, 0.15) is 0 Å². The molecule has 0 radical (unpaired) electrons. The summed E-state index contributed by atoms with van der Waals surface area (Å²) in [5.74, 6) is 0.707. The number of hydrogen-bond donors (Lipinski definition) is 1. The minimum Gasteiger partial charge on any atom is -0.308 e. The summed E-state index contributed by atoms with van der Waals surface area (Å²) in [6.45, 7) is 14.8. The molecule has 1 N–H and O–H groups in total. The Hall–Kier alpha value is -0.820. The van der Waals surface area contributed by atoms with Crippen molar-refractivity contribution in [2.24, 2.45) is 11.3 Å². The van der Waals surface area contributed by atoms with Crippen LogP contribution in [-0.4, -0.2) is 12.1 Å². The summed E-state index contributed by atoms with van der Waals surface area (Å²) in [4.78, 5) is 0. The highest BCUT2D eigenvalue weighted by molar-refractivity contribution is 5.39. The standard InChI is InChI=1S/C22H35N/c1-16(2)19-8-11-21(4)14-18(12-17(3)20(21)13-19)15-23-22(5)9-6-7-10-22/h12,19,23H,1,6-11,13-15H2,2-5H3. The second kappa shape index (κ2) is 6.24. The Morgan fingerprint density at radius 3 is 2.61 bits per heavy atom. The van der Waals surface area contributed by atoms with E-state index in [1.807, 2.05) is 0 Å². The molecule has 2 saturated carbocycles. The SMILES string of the molecule is C=C(C)C1CCC2(C)CC(CNC3(C)CCCC3)=CC(C)=C2C1. The first-order chi connectivity index (χ1) is 10.8. The summed E-state index contributed by atoms with van der Waals surface area (Å²) in [5.41, 5.74) is 7.04. The van der Waals surface area contributed by atoms with E-state index in [4.69, 9.17) is 0 Å². The highest BCUT2D eigenvalue weighted by Gasteiger charge is 2.39. The van der Waals surface area contributed by atoms with Gasteiger partial charge in [0.15, 0.2) is 0 Å². The van der Waals surface area contributed by atoms with Crippen molar-refractivity contribution in [3.05, 3.63) is 34.9 Å². The first-order valence-corrected chi connectivity index (χ1v) is 9.61. The largest absolute Gasteiger partial charge is 0.308 e. The maximum Gasteiger partial charge on any atom is 0.0173 e. The Bertz CT molecular complexity index is 544. The van der Waals surface area contributed by atoms with E-state index in [0.717, 1.165) is 6.54 Å². The van der Waals surface area contributed by atoms with Gasteiger partial charge in [-0.25, -0.2) is 0 Å². The maximum absolute atomic E-state index is 4.21. The Kier molecular flexibility index (Phi) is 4.62. The summed E-state index contributed by atoms with van der Waals surface area (Å²) in [7, 11) is 0. The van der Waals surface area contributed by atoms with Crippen LogP contribution in [0.15, 0.2) is 34.9 Å². The van der Waals surface area contributed by atoms with Crippen LogP contribution in [0.5, 0.6) is 0 Å². The van der Waals surface area contributed by atoms with Crippen molar-refractivity contribution in [1.82, 2.24) is 5.32 Å². The van der Waals surface area contributed by atoms with E-state index in [2.05, 4.69) is 45.7 Å². The van der Waals surface area contributed by atoms with Crippen molar-refractivity contribution in [2.45, 2.75) is 84.6 Å². The van der Waals surface area contributed by atoms with E-state index in [1.165, 1.54) is 62.5 Å². The molecular formula is C22H35N. The average molecular weight is 314 g/mol. The summed E-state index contributed by atoms with van der Waals surface area (Å²) in [5, 5.41) is 3.88. The van der Waals surface area contributed by atoms with E-state index in [1.54, 1.807) is 11.1 Å². The minimum absolute atomic E-state index is 0.386. The second-order valence-corrected chi connectivity index (χ2v) is 9.11. The number of hydrogen-bond acceptors (Lipinski definition) is 1. The molecule has 3 aliphatic rings. The summed E-state index contributed by atoms with van der Waals surface area (Å²) in [6, 6.07) is 0. The third-order valence-corrected chi connectivity index (χ3v) is 6.88. The van der Waals surface area contributed by atoms with Crippen molar-refractivity contribution in [2.75, 3.05) is 6.54 Å². The van der Waals surface area contributed by atoms with Crippen LogP contribution in [-0.2, 0) is 0 Å². The Balaban J connectivity index is 1.73. The van der Waals surface area contributed by atoms with Crippen LogP contribution in [0.4, 0.5) is 0 Å². The van der Waals surface area contributed by atoms with E-state index >= 15 is 0 Å². The molecule has 3 rings (SSSR count). The third kappa shape index (κ3) is 3.50. The predicted octanol–water partition coefficient (Wildman–Crippen LogP) is 5.94. The van der Waals surface area contributed by atoms with Crippen molar-refractivity contribution in [1.29, 1.82) is 0 Å². The summed E-state index contributed by atoms with van der Waals surface area (Å²) >= 11 is 0. The molecule has 2 atom stereocenters. The van der Waals surface area contributed by atoms with E-state index < -0.39 is 0 Å². The van der Waals surface area contributed by atoms with Crippen molar-refractivity contribution < 1.29 is 0 Å². The molecule has 2 fully saturated rings. The Morgan fingerprint density at radius 2 is 1.96 bits per heavy atom. The topological polar surface area (TPSA) is 12.0 Å². The van der Waals surface area contributed by atoms with Gasteiger partial charge in [-0.15, -0.1) is 0 Å². The first kappa shape index (κ1) is 17.0. The predicted molar refractivity (Wildman–Crippen MR) is 101 cm³/mol. The highest BCUT2D eigenvalue weighted by Crippen LogP contribution is 2.51. The molecule has 3 aliphatic carbocycles. The van der Waals surface area contributed by atoms with Crippen LogP contribution in [0.3, 0.4) is 0 Å². The van der Waals surface area contributed by atoms with Gasteiger partial charge >= 0.3 is 0 Å². The minimum atomic E-state index is 0.386. The van der Waals surface area contributed by atoms with E-state index in [-0.39, 0.29) is 0 Å². The van der Waals surface area contributed by atoms with Gasteiger partial charge < -0.3 is 5.32 Å². The zero-order valence-corrected chi connectivity index (χ0v) is 15.7. The first-order valence-electron chi connectivity index (χ1n) is 9.61. The van der Waals surface area contributed by atoms with Gasteiger partial charge in [0.25, 0.3) is 0 Å². The lowest BCUT2D eigenvalue weighted by atomic mass is 9.61. The van der Waals surface area contributed by atoms with Crippen LogP contribution >= 0.6 is 0 Å². The molecule has 128 valence electrons. The van der Waals surface area contributed by atoms with Crippen LogP contribution in [0.25, 0.3) is 0 Å². The van der Waals surface area contributed by atoms with Gasteiger partial charge in [-0.3, -0.25) is 0 Å². The number of nitrogens with one attached hydrogen (secondary N) is 1. The van der Waals surface area contributed by atoms with Gasteiger partial charge in [0.2, 0.25) is 0 Å². The third-order valence-electron chi connectivity index (χ3n) is 6.88. The van der Waals surface area contributed by atoms with Gasteiger partial charge in [-0.1, -0.05) is 54.7 Å². The van der Waals surface area contributed by atoms with E-state index in [9.17, 15) is 0 Å². The molecule has 0 amide bonds. The van der Waals surface area contributed by atoms with Crippen molar-refractivity contribution in [3.8, 4) is 0 Å². The van der Waals surface area contributed by atoms with Crippen LogP contribution in [0, 0.1) is 11.3 Å². The van der Waals surface area contributed by atoms with Crippen LogP contribution < -0.4 is 5.32 Å². The molecule has 0 aromatic heterocycles. The molecule has 2 unspecified atom stereocenters. The van der Waals surface area contributed by atoms with Crippen LogP contribution in [0.2, 0.25) is 0 Å². The molecule has 23 heavy (non-hydrogen) atoms. The van der Waals surface area contributed by atoms with Crippen molar-refractivity contribution >= 4 is 0 Å². The maximum atomic E-state index is 4.21. The molecule has 1 nitrogen and oxygen atoms in total. The molecule has 0 aliphatic heterocycles. The molecular weight excluding hydrogens is 278 g/mol. The second-order valence-electron chi connectivity index (χ2n) is 9.11. The van der Waals surface area contributed by atoms with Gasteiger partial charge in [0.05, 0.1) is 0 Å². The molecule has 0 spiro atoms.